The van der Waals surface area contributed by atoms with E-state index in [1.807, 2.05) is 38.1 Å². The second-order valence-electron chi connectivity index (χ2n) is 7.80. The molecule has 0 saturated heterocycles. The van der Waals surface area contributed by atoms with E-state index in [-0.39, 0.29) is 18.2 Å². The van der Waals surface area contributed by atoms with Gasteiger partial charge >= 0.3 is 5.97 Å². The first kappa shape index (κ1) is 24.0. The zero-order valence-corrected chi connectivity index (χ0v) is 20.0. The average Bonchev–Trinajstić information content (AvgIpc) is 2.84. The Hall–Kier alpha value is -4.15. The van der Waals surface area contributed by atoms with Gasteiger partial charge in [0.05, 0.1) is 12.5 Å². The molecule has 178 valence electrons. The average molecular weight is 491 g/mol. The molecular formula is C27H23ClN2O5. The Kier molecular flexibility index (Phi) is 7.14. The molecule has 1 unspecified atom stereocenters. The number of nitriles is 1. The minimum Gasteiger partial charge on any atom is -0.494 e. The van der Waals surface area contributed by atoms with Crippen molar-refractivity contribution in [3.63, 3.8) is 0 Å². The molecule has 7 nitrogen and oxygen atoms in total. The lowest BCUT2D eigenvalue weighted by atomic mass is 9.83. The third-order valence-electron chi connectivity index (χ3n) is 5.41. The molecule has 3 aromatic rings. The Bertz CT molecular complexity index is 1350. The SMILES string of the molecule is CCOc1cccc(C2C(C#N)=C(N)Oc3cc(OC(=O)COc4ccc(Cl)c(C)c4)ccc32)c1. The van der Waals surface area contributed by atoms with Crippen molar-refractivity contribution < 1.29 is 23.7 Å². The third-order valence-corrected chi connectivity index (χ3v) is 5.83. The van der Waals surface area contributed by atoms with Crippen LogP contribution in [0.5, 0.6) is 23.0 Å². The van der Waals surface area contributed by atoms with Crippen molar-refractivity contribution in [1.82, 2.24) is 0 Å². The van der Waals surface area contributed by atoms with Gasteiger partial charge in [-0.1, -0.05) is 29.8 Å². The van der Waals surface area contributed by atoms with Crippen LogP contribution in [0.3, 0.4) is 0 Å². The zero-order valence-electron chi connectivity index (χ0n) is 19.2. The fraction of sp³-hybridized carbons (Fsp3) is 0.185. The highest BCUT2D eigenvalue weighted by Crippen LogP contribution is 2.44. The van der Waals surface area contributed by atoms with Gasteiger partial charge < -0.3 is 24.7 Å². The first-order chi connectivity index (χ1) is 16.9. The van der Waals surface area contributed by atoms with E-state index in [0.717, 1.165) is 16.7 Å². The van der Waals surface area contributed by atoms with E-state index in [1.165, 1.54) is 0 Å². The maximum absolute atomic E-state index is 12.3. The van der Waals surface area contributed by atoms with Crippen LogP contribution in [0.25, 0.3) is 0 Å². The van der Waals surface area contributed by atoms with Crippen LogP contribution < -0.4 is 24.7 Å². The Morgan fingerprint density at radius 3 is 2.60 bits per heavy atom. The summed E-state index contributed by atoms with van der Waals surface area (Å²) < 4.78 is 22.2. The van der Waals surface area contributed by atoms with Crippen LogP contribution in [0.4, 0.5) is 0 Å². The van der Waals surface area contributed by atoms with Gasteiger partial charge in [0.1, 0.15) is 34.6 Å². The van der Waals surface area contributed by atoms with E-state index >= 15 is 0 Å². The largest absolute Gasteiger partial charge is 0.494 e. The molecule has 0 saturated carbocycles. The highest BCUT2D eigenvalue weighted by molar-refractivity contribution is 6.31. The first-order valence-corrected chi connectivity index (χ1v) is 11.3. The van der Waals surface area contributed by atoms with E-state index in [2.05, 4.69) is 6.07 Å². The lowest BCUT2D eigenvalue weighted by Crippen LogP contribution is -2.21. The van der Waals surface area contributed by atoms with Crippen LogP contribution in [0.2, 0.25) is 5.02 Å². The summed E-state index contributed by atoms with van der Waals surface area (Å²) in [5.74, 6) is 0.817. The van der Waals surface area contributed by atoms with Gasteiger partial charge in [-0.2, -0.15) is 5.26 Å². The molecule has 0 aromatic heterocycles. The van der Waals surface area contributed by atoms with Gasteiger partial charge in [-0.3, -0.25) is 0 Å². The van der Waals surface area contributed by atoms with E-state index in [0.29, 0.717) is 34.5 Å². The van der Waals surface area contributed by atoms with Gasteiger partial charge in [0.15, 0.2) is 6.61 Å². The van der Waals surface area contributed by atoms with E-state index in [4.69, 9.17) is 36.3 Å². The minimum atomic E-state index is -0.587. The van der Waals surface area contributed by atoms with Crippen molar-refractivity contribution in [2.24, 2.45) is 5.73 Å². The molecule has 2 N–H and O–H groups in total. The third kappa shape index (κ3) is 5.34. The summed E-state index contributed by atoms with van der Waals surface area (Å²) in [5.41, 5.74) is 8.77. The lowest BCUT2D eigenvalue weighted by molar-refractivity contribution is -0.136. The molecule has 3 aromatic carbocycles. The molecule has 0 radical (unpaired) electrons. The van der Waals surface area contributed by atoms with Crippen molar-refractivity contribution in [2.75, 3.05) is 13.2 Å². The molecule has 0 fully saturated rings. The van der Waals surface area contributed by atoms with Crippen LogP contribution in [-0.2, 0) is 4.79 Å². The summed E-state index contributed by atoms with van der Waals surface area (Å²) in [6.45, 7) is 3.98. The molecule has 0 aliphatic carbocycles. The smallest absolute Gasteiger partial charge is 0.349 e. The monoisotopic (exact) mass is 490 g/mol. The number of carbonyl (C=O) groups excluding carboxylic acids is 1. The van der Waals surface area contributed by atoms with Crippen molar-refractivity contribution >= 4 is 17.6 Å². The van der Waals surface area contributed by atoms with Crippen molar-refractivity contribution in [3.05, 3.63) is 93.8 Å². The highest BCUT2D eigenvalue weighted by atomic mass is 35.5. The quantitative estimate of drug-likeness (QED) is 0.356. The van der Waals surface area contributed by atoms with Gasteiger partial charge in [-0.25, -0.2) is 4.79 Å². The number of aryl methyl sites for hydroxylation is 1. The summed E-state index contributed by atoms with van der Waals surface area (Å²) in [5, 5.41) is 10.4. The number of carbonyl (C=O) groups is 1. The van der Waals surface area contributed by atoms with Gasteiger partial charge in [0.25, 0.3) is 0 Å². The van der Waals surface area contributed by atoms with Crippen molar-refractivity contribution in [2.45, 2.75) is 19.8 Å². The standard InChI is InChI=1S/C27H23ClN2O5/c1-3-32-18-6-4-5-17(12-18)26-21-9-7-20(13-24(21)35-27(30)22(26)14-29)34-25(31)15-33-19-8-10-23(28)16(2)11-19/h4-13,26H,3,15,30H2,1-2H3. The summed E-state index contributed by atoms with van der Waals surface area (Å²) in [4.78, 5) is 12.3. The summed E-state index contributed by atoms with van der Waals surface area (Å²) in [7, 11) is 0. The molecule has 1 atom stereocenters. The number of allylic oxidation sites excluding steroid dienone is 1. The van der Waals surface area contributed by atoms with Crippen LogP contribution in [0, 0.1) is 18.3 Å². The number of benzene rings is 3. The number of ether oxygens (including phenoxy) is 4. The molecule has 1 aliphatic rings. The summed E-state index contributed by atoms with van der Waals surface area (Å²) >= 11 is 6.01. The number of halogens is 1. The molecule has 35 heavy (non-hydrogen) atoms. The Balaban J connectivity index is 1.54. The van der Waals surface area contributed by atoms with Crippen LogP contribution >= 0.6 is 11.6 Å². The van der Waals surface area contributed by atoms with E-state index < -0.39 is 11.9 Å². The fourth-order valence-electron chi connectivity index (χ4n) is 3.80. The minimum absolute atomic E-state index is 0.00303. The normalized spacial score (nSPS) is 14.4. The second kappa shape index (κ2) is 10.4. The zero-order chi connectivity index (χ0) is 24.9. The molecule has 0 amide bonds. The van der Waals surface area contributed by atoms with Crippen LogP contribution in [0.15, 0.2) is 72.1 Å². The summed E-state index contributed by atoms with van der Waals surface area (Å²) in [6.07, 6.45) is 0. The van der Waals surface area contributed by atoms with Crippen molar-refractivity contribution in [3.8, 4) is 29.1 Å². The van der Waals surface area contributed by atoms with Gasteiger partial charge in [0, 0.05) is 16.7 Å². The number of nitrogens with two attached hydrogens (primary N) is 1. The molecular weight excluding hydrogens is 468 g/mol. The number of hydrogen-bond acceptors (Lipinski definition) is 7. The predicted octanol–water partition coefficient (Wildman–Crippen LogP) is 5.25. The van der Waals surface area contributed by atoms with E-state index in [9.17, 15) is 10.1 Å². The number of nitrogens with zero attached hydrogens (tertiary/aromatic N) is 1. The molecule has 4 rings (SSSR count). The number of esters is 1. The second-order valence-corrected chi connectivity index (χ2v) is 8.21. The fourth-order valence-corrected chi connectivity index (χ4v) is 3.92. The molecule has 1 aliphatic heterocycles. The number of fused-ring (bicyclic) bond motifs is 1. The molecule has 0 spiro atoms. The maximum Gasteiger partial charge on any atom is 0.349 e. The Labute approximate surface area is 208 Å². The predicted molar refractivity (Wildman–Crippen MR) is 131 cm³/mol. The topological polar surface area (TPSA) is 104 Å². The molecule has 8 heteroatoms. The first-order valence-electron chi connectivity index (χ1n) is 10.9. The van der Waals surface area contributed by atoms with Gasteiger partial charge in [-0.05, 0) is 61.4 Å². The molecule has 0 bridgehead atoms. The molecule has 1 heterocycles. The van der Waals surface area contributed by atoms with Crippen LogP contribution in [-0.4, -0.2) is 19.2 Å². The number of rotatable bonds is 7. The van der Waals surface area contributed by atoms with Gasteiger partial charge in [-0.15, -0.1) is 0 Å². The van der Waals surface area contributed by atoms with Crippen LogP contribution in [0.1, 0.15) is 29.5 Å². The van der Waals surface area contributed by atoms with Gasteiger partial charge in [0.2, 0.25) is 5.88 Å². The highest BCUT2D eigenvalue weighted by Gasteiger charge is 2.31. The van der Waals surface area contributed by atoms with E-state index in [1.54, 1.807) is 36.4 Å². The Morgan fingerprint density at radius 2 is 1.86 bits per heavy atom. The Morgan fingerprint density at radius 1 is 1.09 bits per heavy atom. The lowest BCUT2D eigenvalue weighted by Gasteiger charge is -2.27. The number of hydrogen-bond donors (Lipinski definition) is 1. The summed E-state index contributed by atoms with van der Waals surface area (Å²) in [6, 6.07) is 19.7. The maximum atomic E-state index is 12.3. The van der Waals surface area contributed by atoms with Crippen molar-refractivity contribution in [1.29, 1.82) is 5.26 Å².